The SMILES string of the molecule is Cc1nc2cc(F)c(F)cc2n1-c1nc(N)cc(Nc2ccc(OC(F)F)c(F)c2)n1. The molecule has 0 bridgehead atoms. The number of benzene rings is 2. The summed E-state index contributed by atoms with van der Waals surface area (Å²) in [4.78, 5) is 12.5. The van der Waals surface area contributed by atoms with Gasteiger partial charge in [-0.05, 0) is 19.1 Å². The third-order valence-corrected chi connectivity index (χ3v) is 4.22. The van der Waals surface area contributed by atoms with E-state index in [1.54, 1.807) is 6.92 Å². The maximum absolute atomic E-state index is 14.0. The molecular formula is C19H13F5N6O. The Kier molecular flexibility index (Phi) is 5.05. The summed E-state index contributed by atoms with van der Waals surface area (Å²) in [6.07, 6.45) is 0. The van der Waals surface area contributed by atoms with Crippen LogP contribution in [-0.2, 0) is 0 Å². The van der Waals surface area contributed by atoms with Gasteiger partial charge in [0.05, 0.1) is 11.0 Å². The van der Waals surface area contributed by atoms with Crippen LogP contribution in [0, 0.1) is 24.4 Å². The lowest BCUT2D eigenvalue weighted by Crippen LogP contribution is -2.08. The molecule has 0 unspecified atom stereocenters. The van der Waals surface area contributed by atoms with E-state index in [2.05, 4.69) is 25.0 Å². The Balaban J connectivity index is 1.72. The molecule has 2 aromatic heterocycles. The Morgan fingerprint density at radius 1 is 0.968 bits per heavy atom. The highest BCUT2D eigenvalue weighted by Gasteiger charge is 2.17. The lowest BCUT2D eigenvalue weighted by molar-refractivity contribution is -0.0521. The summed E-state index contributed by atoms with van der Waals surface area (Å²) in [6.45, 7) is -1.57. The van der Waals surface area contributed by atoms with Crippen molar-refractivity contribution in [2.75, 3.05) is 11.1 Å². The van der Waals surface area contributed by atoms with Crippen LogP contribution in [0.4, 0.5) is 39.3 Å². The number of fused-ring (bicyclic) bond motifs is 1. The molecule has 0 aliphatic carbocycles. The minimum Gasteiger partial charge on any atom is -0.432 e. The summed E-state index contributed by atoms with van der Waals surface area (Å²) in [7, 11) is 0. The number of rotatable bonds is 5. The minimum absolute atomic E-state index is 0.00614. The predicted molar refractivity (Wildman–Crippen MR) is 102 cm³/mol. The van der Waals surface area contributed by atoms with E-state index in [0.717, 1.165) is 24.3 Å². The number of nitrogens with zero attached hydrogens (tertiary/aromatic N) is 4. The average Bonchev–Trinajstić information content (AvgIpc) is 2.98. The van der Waals surface area contributed by atoms with E-state index >= 15 is 0 Å². The summed E-state index contributed by atoms with van der Waals surface area (Å²) in [5.41, 5.74) is 6.41. The van der Waals surface area contributed by atoms with Gasteiger partial charge in [0.15, 0.2) is 23.2 Å². The van der Waals surface area contributed by atoms with Gasteiger partial charge in [-0.2, -0.15) is 18.7 Å². The zero-order chi connectivity index (χ0) is 22.3. The van der Waals surface area contributed by atoms with Crippen molar-refractivity contribution >= 4 is 28.4 Å². The molecule has 0 spiro atoms. The van der Waals surface area contributed by atoms with Gasteiger partial charge < -0.3 is 15.8 Å². The van der Waals surface area contributed by atoms with Crippen molar-refractivity contribution < 1.29 is 26.7 Å². The number of alkyl halides is 2. The van der Waals surface area contributed by atoms with Crippen LogP contribution < -0.4 is 15.8 Å². The van der Waals surface area contributed by atoms with Gasteiger partial charge in [0.2, 0.25) is 5.95 Å². The van der Waals surface area contributed by atoms with Gasteiger partial charge in [0, 0.05) is 30.0 Å². The van der Waals surface area contributed by atoms with Crippen LogP contribution in [0.5, 0.6) is 5.75 Å². The number of nitrogens with one attached hydrogen (secondary N) is 1. The largest absolute Gasteiger partial charge is 0.432 e. The fourth-order valence-corrected chi connectivity index (χ4v) is 2.98. The number of anilines is 3. The zero-order valence-electron chi connectivity index (χ0n) is 15.7. The summed E-state index contributed by atoms with van der Waals surface area (Å²) < 4.78 is 71.2. The number of nitrogens with two attached hydrogens (primary N) is 1. The van der Waals surface area contributed by atoms with Gasteiger partial charge in [-0.3, -0.25) is 4.57 Å². The number of hydrogen-bond acceptors (Lipinski definition) is 6. The second kappa shape index (κ2) is 7.70. The first kappa shape index (κ1) is 20.3. The zero-order valence-corrected chi connectivity index (χ0v) is 15.7. The summed E-state index contributed by atoms with van der Waals surface area (Å²) in [5.74, 6) is -3.24. The number of imidazole rings is 1. The molecule has 2 aromatic carbocycles. The molecule has 0 fully saturated rings. The Bertz CT molecular complexity index is 1290. The number of nitrogen functional groups attached to an aromatic ring is 1. The van der Waals surface area contributed by atoms with Crippen LogP contribution >= 0.6 is 0 Å². The molecule has 31 heavy (non-hydrogen) atoms. The molecule has 0 aliphatic rings. The van der Waals surface area contributed by atoms with Crippen LogP contribution in [0.1, 0.15) is 5.82 Å². The van der Waals surface area contributed by atoms with Gasteiger partial charge in [0.1, 0.15) is 17.5 Å². The van der Waals surface area contributed by atoms with E-state index in [1.807, 2.05) is 0 Å². The van der Waals surface area contributed by atoms with E-state index in [1.165, 1.54) is 16.7 Å². The molecule has 2 heterocycles. The monoisotopic (exact) mass is 436 g/mol. The van der Waals surface area contributed by atoms with Gasteiger partial charge >= 0.3 is 6.61 Å². The third-order valence-electron chi connectivity index (χ3n) is 4.22. The molecule has 0 atom stereocenters. The maximum atomic E-state index is 14.0. The second-order valence-corrected chi connectivity index (χ2v) is 6.38. The average molecular weight is 436 g/mol. The molecule has 7 nitrogen and oxygen atoms in total. The van der Waals surface area contributed by atoms with Crippen LogP contribution in [0.2, 0.25) is 0 Å². The lowest BCUT2D eigenvalue weighted by atomic mass is 10.3. The van der Waals surface area contributed by atoms with E-state index in [0.29, 0.717) is 5.82 Å². The highest BCUT2D eigenvalue weighted by molar-refractivity contribution is 5.78. The Labute approximate surface area is 171 Å². The van der Waals surface area contributed by atoms with Gasteiger partial charge in [0.25, 0.3) is 0 Å². The molecule has 12 heteroatoms. The normalized spacial score (nSPS) is 11.3. The van der Waals surface area contributed by atoms with Gasteiger partial charge in [-0.25, -0.2) is 18.2 Å². The van der Waals surface area contributed by atoms with Crippen molar-refractivity contribution in [2.24, 2.45) is 0 Å². The van der Waals surface area contributed by atoms with Crippen molar-refractivity contribution in [3.8, 4) is 11.7 Å². The number of ether oxygens (including phenoxy) is 1. The predicted octanol–water partition coefficient (Wildman–Crippen LogP) is 4.47. The molecular weight excluding hydrogens is 423 g/mol. The molecule has 0 aliphatic heterocycles. The fourth-order valence-electron chi connectivity index (χ4n) is 2.98. The van der Waals surface area contributed by atoms with Crippen LogP contribution in [0.15, 0.2) is 36.4 Å². The first-order valence-electron chi connectivity index (χ1n) is 8.71. The number of halogens is 5. The van der Waals surface area contributed by atoms with Crippen molar-refractivity contribution in [1.82, 2.24) is 19.5 Å². The van der Waals surface area contributed by atoms with Gasteiger partial charge in [-0.1, -0.05) is 0 Å². The Hall–Kier alpha value is -3.96. The quantitative estimate of drug-likeness (QED) is 0.449. The highest BCUT2D eigenvalue weighted by Crippen LogP contribution is 2.27. The summed E-state index contributed by atoms with van der Waals surface area (Å²) >= 11 is 0. The first-order chi connectivity index (χ1) is 14.7. The van der Waals surface area contributed by atoms with Crippen molar-refractivity contribution in [1.29, 1.82) is 0 Å². The van der Waals surface area contributed by atoms with Crippen LogP contribution in [0.3, 0.4) is 0 Å². The third kappa shape index (κ3) is 4.04. The first-order valence-corrected chi connectivity index (χ1v) is 8.71. The summed E-state index contributed by atoms with van der Waals surface area (Å²) in [6, 6.07) is 6.52. The van der Waals surface area contributed by atoms with E-state index in [4.69, 9.17) is 5.73 Å². The maximum Gasteiger partial charge on any atom is 0.387 e. The van der Waals surface area contributed by atoms with E-state index in [-0.39, 0.29) is 34.3 Å². The van der Waals surface area contributed by atoms with Crippen molar-refractivity contribution in [3.05, 3.63) is 59.7 Å². The van der Waals surface area contributed by atoms with Gasteiger partial charge in [-0.15, -0.1) is 0 Å². The van der Waals surface area contributed by atoms with Crippen molar-refractivity contribution in [3.63, 3.8) is 0 Å². The molecule has 3 N–H and O–H groups in total. The fraction of sp³-hybridized carbons (Fsp3) is 0.105. The smallest absolute Gasteiger partial charge is 0.387 e. The Morgan fingerprint density at radius 3 is 2.42 bits per heavy atom. The molecule has 4 rings (SSSR count). The topological polar surface area (TPSA) is 90.9 Å². The molecule has 0 amide bonds. The summed E-state index contributed by atoms with van der Waals surface area (Å²) in [5, 5.41) is 2.77. The van der Waals surface area contributed by atoms with Crippen molar-refractivity contribution in [2.45, 2.75) is 13.5 Å². The lowest BCUT2D eigenvalue weighted by Gasteiger charge is -2.12. The molecule has 0 saturated heterocycles. The molecule has 160 valence electrons. The minimum atomic E-state index is -3.16. The Morgan fingerprint density at radius 2 is 1.71 bits per heavy atom. The van der Waals surface area contributed by atoms with Crippen LogP contribution in [0.25, 0.3) is 17.0 Å². The van der Waals surface area contributed by atoms with E-state index in [9.17, 15) is 22.0 Å². The second-order valence-electron chi connectivity index (χ2n) is 6.38. The number of aryl methyl sites for hydroxylation is 1. The molecule has 0 saturated carbocycles. The number of hydrogen-bond donors (Lipinski definition) is 2. The standard InChI is InChI=1S/C19H13F5N6O/c1-8-26-13-5-10(20)11(21)6-14(13)30(8)19-28-16(25)7-17(29-19)27-9-2-3-15(12(22)4-9)31-18(23)24/h2-7,18H,1H3,(H3,25,27,28,29). The van der Waals surface area contributed by atoms with E-state index < -0.39 is 29.8 Å². The molecule has 4 aromatic rings. The number of aromatic nitrogens is 4. The van der Waals surface area contributed by atoms with Crippen LogP contribution in [-0.4, -0.2) is 26.1 Å². The highest BCUT2D eigenvalue weighted by atomic mass is 19.3. The molecule has 0 radical (unpaired) electrons.